The van der Waals surface area contributed by atoms with Gasteiger partial charge in [0.1, 0.15) is 0 Å². The summed E-state index contributed by atoms with van der Waals surface area (Å²) in [6.07, 6.45) is 18.5. The van der Waals surface area contributed by atoms with Crippen molar-refractivity contribution in [2.45, 2.75) is 96.5 Å². The summed E-state index contributed by atoms with van der Waals surface area (Å²) in [6, 6.07) is 0. The van der Waals surface area contributed by atoms with E-state index < -0.39 is 12.1 Å². The second kappa shape index (κ2) is 15.6. The standard InChI is InChI=1S/C18H34O3/c1-2-3-4-5-6-7-8-9-10-11-12-13-14-15-16-17(19)18(20)21/h15-17,19H,2-14H2,1H3,(H,20,21)/t17-/m1/s1. The quantitative estimate of drug-likeness (QED) is 0.327. The van der Waals surface area contributed by atoms with Crippen molar-refractivity contribution in [2.24, 2.45) is 0 Å². The van der Waals surface area contributed by atoms with Gasteiger partial charge in [0.25, 0.3) is 0 Å². The zero-order chi connectivity index (χ0) is 15.8. The second-order valence-corrected chi connectivity index (χ2v) is 5.89. The van der Waals surface area contributed by atoms with Crippen LogP contribution in [0.4, 0.5) is 0 Å². The van der Waals surface area contributed by atoms with Gasteiger partial charge < -0.3 is 10.2 Å². The van der Waals surface area contributed by atoms with Crippen LogP contribution in [0.3, 0.4) is 0 Å². The first kappa shape index (κ1) is 20.2. The van der Waals surface area contributed by atoms with Gasteiger partial charge in [-0.15, -0.1) is 0 Å². The number of unbranched alkanes of at least 4 members (excludes halogenated alkanes) is 12. The first-order chi connectivity index (χ1) is 10.2. The van der Waals surface area contributed by atoms with Crippen LogP contribution in [-0.2, 0) is 4.79 Å². The summed E-state index contributed by atoms with van der Waals surface area (Å²) in [6.45, 7) is 2.25. The SMILES string of the molecule is CCCCCCCCCCCCCCC=C[C@@H](O)C(=O)O. The molecule has 0 aliphatic carbocycles. The second-order valence-electron chi connectivity index (χ2n) is 5.89. The number of hydrogen-bond donors (Lipinski definition) is 2. The number of carboxylic acid groups (broad SMARTS) is 1. The Balaban J connectivity index is 3.14. The number of aliphatic hydroxyl groups is 1. The molecule has 124 valence electrons. The molecule has 0 aromatic carbocycles. The minimum absolute atomic E-state index is 0.863. The van der Waals surface area contributed by atoms with E-state index in [4.69, 9.17) is 10.2 Å². The van der Waals surface area contributed by atoms with Crippen LogP contribution in [0.15, 0.2) is 12.2 Å². The highest BCUT2D eigenvalue weighted by Gasteiger charge is 2.06. The number of hydrogen-bond acceptors (Lipinski definition) is 2. The van der Waals surface area contributed by atoms with Gasteiger partial charge >= 0.3 is 5.97 Å². The van der Waals surface area contributed by atoms with E-state index >= 15 is 0 Å². The molecule has 0 radical (unpaired) electrons. The van der Waals surface area contributed by atoms with Crippen molar-refractivity contribution in [2.75, 3.05) is 0 Å². The maximum Gasteiger partial charge on any atom is 0.336 e. The zero-order valence-electron chi connectivity index (χ0n) is 13.7. The maximum absolute atomic E-state index is 10.4. The molecule has 0 saturated carbocycles. The van der Waals surface area contributed by atoms with Crippen molar-refractivity contribution >= 4 is 5.97 Å². The topological polar surface area (TPSA) is 57.5 Å². The summed E-state index contributed by atoms with van der Waals surface area (Å²) >= 11 is 0. The molecule has 0 amide bonds. The van der Waals surface area contributed by atoms with Crippen molar-refractivity contribution in [3.63, 3.8) is 0 Å². The smallest absolute Gasteiger partial charge is 0.336 e. The molecule has 0 saturated heterocycles. The highest BCUT2D eigenvalue weighted by Crippen LogP contribution is 2.12. The summed E-state index contributed by atoms with van der Waals surface area (Å²) in [5.74, 6) is -1.18. The van der Waals surface area contributed by atoms with Crippen molar-refractivity contribution in [1.29, 1.82) is 0 Å². The van der Waals surface area contributed by atoms with Gasteiger partial charge in [-0.25, -0.2) is 4.79 Å². The van der Waals surface area contributed by atoms with Gasteiger partial charge in [-0.3, -0.25) is 0 Å². The molecule has 21 heavy (non-hydrogen) atoms. The highest BCUT2D eigenvalue weighted by atomic mass is 16.4. The lowest BCUT2D eigenvalue weighted by Gasteiger charge is -2.02. The average molecular weight is 298 g/mol. The molecule has 2 N–H and O–H groups in total. The molecule has 0 aliphatic rings. The van der Waals surface area contributed by atoms with Crippen molar-refractivity contribution in [1.82, 2.24) is 0 Å². The summed E-state index contributed by atoms with van der Waals surface area (Å²) in [5.41, 5.74) is 0. The largest absolute Gasteiger partial charge is 0.479 e. The van der Waals surface area contributed by atoms with Gasteiger partial charge in [0.2, 0.25) is 0 Å². The third-order valence-corrected chi connectivity index (χ3v) is 3.80. The summed E-state index contributed by atoms with van der Waals surface area (Å²) in [5, 5.41) is 17.5. The monoisotopic (exact) mass is 298 g/mol. The van der Waals surface area contributed by atoms with Crippen LogP contribution in [-0.4, -0.2) is 22.3 Å². The van der Waals surface area contributed by atoms with Gasteiger partial charge in [-0.1, -0.05) is 83.6 Å². The number of aliphatic carboxylic acids is 1. The molecule has 0 spiro atoms. The van der Waals surface area contributed by atoms with E-state index in [-0.39, 0.29) is 0 Å². The Morgan fingerprint density at radius 3 is 1.71 bits per heavy atom. The minimum Gasteiger partial charge on any atom is -0.479 e. The molecule has 0 heterocycles. The van der Waals surface area contributed by atoms with Gasteiger partial charge in [0.05, 0.1) is 0 Å². The number of aliphatic hydroxyl groups excluding tert-OH is 1. The molecule has 3 nitrogen and oxygen atoms in total. The van der Waals surface area contributed by atoms with E-state index in [2.05, 4.69) is 6.92 Å². The molecule has 0 rings (SSSR count). The van der Waals surface area contributed by atoms with Crippen molar-refractivity contribution in [3.05, 3.63) is 12.2 Å². The van der Waals surface area contributed by atoms with E-state index in [9.17, 15) is 4.79 Å². The lowest BCUT2D eigenvalue weighted by molar-refractivity contribution is -0.144. The molecule has 0 unspecified atom stereocenters. The molecule has 0 aliphatic heterocycles. The van der Waals surface area contributed by atoms with Crippen LogP contribution in [0.25, 0.3) is 0 Å². The average Bonchev–Trinajstić information content (AvgIpc) is 2.47. The van der Waals surface area contributed by atoms with Crippen molar-refractivity contribution < 1.29 is 15.0 Å². The van der Waals surface area contributed by atoms with E-state index in [1.165, 1.54) is 76.7 Å². The van der Waals surface area contributed by atoms with E-state index in [1.807, 2.05) is 0 Å². The van der Waals surface area contributed by atoms with E-state index in [0.717, 1.165) is 12.8 Å². The number of allylic oxidation sites excluding steroid dienone is 1. The van der Waals surface area contributed by atoms with Crippen LogP contribution < -0.4 is 0 Å². The molecule has 0 fully saturated rings. The van der Waals surface area contributed by atoms with Crippen LogP contribution in [0.5, 0.6) is 0 Å². The van der Waals surface area contributed by atoms with Crippen molar-refractivity contribution in [3.8, 4) is 0 Å². The van der Waals surface area contributed by atoms with Crippen LogP contribution in [0.1, 0.15) is 90.4 Å². The Hall–Kier alpha value is -0.830. The Morgan fingerprint density at radius 1 is 0.857 bits per heavy atom. The Labute approximate surface area is 130 Å². The number of rotatable bonds is 15. The fraction of sp³-hybridized carbons (Fsp3) is 0.833. The van der Waals surface area contributed by atoms with E-state index in [1.54, 1.807) is 6.08 Å². The predicted molar refractivity (Wildman–Crippen MR) is 88.5 cm³/mol. The fourth-order valence-corrected chi connectivity index (χ4v) is 2.41. The lowest BCUT2D eigenvalue weighted by atomic mass is 10.0. The Kier molecular flexibility index (Phi) is 14.9. The maximum atomic E-state index is 10.4. The molecule has 1 atom stereocenters. The molecule has 0 bridgehead atoms. The normalized spacial score (nSPS) is 12.9. The molecule has 0 aromatic heterocycles. The molecule has 0 aromatic rings. The third-order valence-electron chi connectivity index (χ3n) is 3.80. The minimum atomic E-state index is -1.35. The summed E-state index contributed by atoms with van der Waals surface area (Å²) < 4.78 is 0. The number of carboxylic acids is 1. The van der Waals surface area contributed by atoms with E-state index in [0.29, 0.717) is 0 Å². The first-order valence-electron chi connectivity index (χ1n) is 8.76. The Morgan fingerprint density at radius 2 is 1.29 bits per heavy atom. The Bertz CT molecular complexity index is 261. The van der Waals surface area contributed by atoms with Crippen LogP contribution in [0, 0.1) is 0 Å². The summed E-state index contributed by atoms with van der Waals surface area (Å²) in [7, 11) is 0. The highest BCUT2D eigenvalue weighted by molar-refractivity contribution is 5.74. The third kappa shape index (κ3) is 15.4. The fourth-order valence-electron chi connectivity index (χ4n) is 2.41. The predicted octanol–water partition coefficient (Wildman–Crippen LogP) is 5.08. The molecule has 3 heteroatoms. The van der Waals surface area contributed by atoms with Gasteiger partial charge in [-0.2, -0.15) is 0 Å². The molecular weight excluding hydrogens is 264 g/mol. The number of carbonyl (C=O) groups is 1. The summed E-state index contributed by atoms with van der Waals surface area (Å²) in [4.78, 5) is 10.4. The van der Waals surface area contributed by atoms with Gasteiger partial charge in [0, 0.05) is 0 Å². The molecular formula is C18H34O3. The lowest BCUT2D eigenvalue weighted by Crippen LogP contribution is -2.15. The van der Waals surface area contributed by atoms with Gasteiger partial charge in [-0.05, 0) is 18.9 Å². The zero-order valence-corrected chi connectivity index (χ0v) is 13.7. The van der Waals surface area contributed by atoms with Crippen LogP contribution in [0.2, 0.25) is 0 Å². The first-order valence-corrected chi connectivity index (χ1v) is 8.76. The van der Waals surface area contributed by atoms with Gasteiger partial charge in [0.15, 0.2) is 6.10 Å². The van der Waals surface area contributed by atoms with Crippen LogP contribution >= 0.6 is 0 Å².